The van der Waals surface area contributed by atoms with Gasteiger partial charge in [0.05, 0.1) is 11.1 Å². The van der Waals surface area contributed by atoms with Crippen molar-refractivity contribution < 1.29 is 18.7 Å². The molecular formula is C22H24ClFN6O3. The number of aryl methyl sites for hydroxylation is 2. The molecule has 174 valence electrons. The van der Waals surface area contributed by atoms with Gasteiger partial charge in [0.25, 0.3) is 5.91 Å². The highest BCUT2D eigenvalue weighted by molar-refractivity contribution is 6.31. The number of amides is 2. The van der Waals surface area contributed by atoms with Crippen molar-refractivity contribution in [2.24, 2.45) is 14.1 Å². The van der Waals surface area contributed by atoms with Crippen molar-refractivity contribution >= 4 is 29.3 Å². The molecular weight excluding hydrogens is 451 g/mol. The average Bonchev–Trinajstić information content (AvgIpc) is 3.28. The van der Waals surface area contributed by atoms with Crippen LogP contribution in [0.1, 0.15) is 52.7 Å². The maximum Gasteiger partial charge on any atom is 0.408 e. The first-order valence-corrected chi connectivity index (χ1v) is 10.9. The molecule has 0 fully saturated rings. The first-order valence-electron chi connectivity index (χ1n) is 10.5. The van der Waals surface area contributed by atoms with E-state index in [4.69, 9.17) is 16.3 Å². The SMILES string of the molecule is Cn1cnc(COC(=O)NC2CCCCc3c2cn(C)c3C(=O)Nc2ccc(F)c(Cl)c2)n1. The molecule has 4 rings (SSSR count). The van der Waals surface area contributed by atoms with E-state index in [0.717, 1.165) is 30.4 Å². The van der Waals surface area contributed by atoms with Gasteiger partial charge in [-0.3, -0.25) is 9.48 Å². The van der Waals surface area contributed by atoms with Gasteiger partial charge in [0, 0.05) is 26.0 Å². The number of nitrogens with zero attached hydrogens (tertiary/aromatic N) is 4. The molecule has 1 atom stereocenters. The summed E-state index contributed by atoms with van der Waals surface area (Å²) < 4.78 is 22.0. The Bertz CT molecular complexity index is 1190. The maximum atomic E-state index is 13.4. The number of carbonyl (C=O) groups is 2. The van der Waals surface area contributed by atoms with Crippen molar-refractivity contribution in [3.8, 4) is 0 Å². The lowest BCUT2D eigenvalue weighted by Gasteiger charge is -2.17. The number of hydrogen-bond donors (Lipinski definition) is 2. The Morgan fingerprint density at radius 1 is 1.30 bits per heavy atom. The normalized spacial score (nSPS) is 15.5. The molecule has 33 heavy (non-hydrogen) atoms. The third-order valence-electron chi connectivity index (χ3n) is 5.53. The van der Waals surface area contributed by atoms with Crippen LogP contribution in [0.5, 0.6) is 0 Å². The van der Waals surface area contributed by atoms with E-state index in [2.05, 4.69) is 20.7 Å². The second-order valence-corrected chi connectivity index (χ2v) is 8.37. The fourth-order valence-electron chi connectivity index (χ4n) is 4.04. The summed E-state index contributed by atoms with van der Waals surface area (Å²) in [5, 5.41) is 9.70. The fourth-order valence-corrected chi connectivity index (χ4v) is 4.23. The Balaban J connectivity index is 1.50. The Kier molecular flexibility index (Phi) is 6.64. The standard InChI is InChI=1S/C22H24ClFN6O3/c1-29-10-15-14(20(29)21(31)26-13-7-8-17(24)16(23)9-13)5-3-4-6-18(15)27-22(32)33-11-19-25-12-30(2)28-19/h7-10,12,18H,3-6,11H2,1-2H3,(H,26,31)(H,27,32). The molecule has 1 aromatic carbocycles. The predicted molar refractivity (Wildman–Crippen MR) is 119 cm³/mol. The Morgan fingerprint density at radius 3 is 2.85 bits per heavy atom. The average molecular weight is 475 g/mol. The van der Waals surface area contributed by atoms with Crippen molar-refractivity contribution in [2.45, 2.75) is 38.3 Å². The van der Waals surface area contributed by atoms with Gasteiger partial charge in [-0.25, -0.2) is 14.2 Å². The minimum absolute atomic E-state index is 0.0328. The van der Waals surface area contributed by atoms with E-state index < -0.39 is 11.9 Å². The molecule has 1 aliphatic rings. The maximum absolute atomic E-state index is 13.4. The molecule has 0 spiro atoms. The molecule has 11 heteroatoms. The molecule has 0 radical (unpaired) electrons. The Morgan fingerprint density at radius 2 is 2.12 bits per heavy atom. The number of rotatable bonds is 5. The van der Waals surface area contributed by atoms with Crippen LogP contribution in [0, 0.1) is 5.82 Å². The number of hydrogen-bond acceptors (Lipinski definition) is 5. The van der Waals surface area contributed by atoms with E-state index >= 15 is 0 Å². The van der Waals surface area contributed by atoms with Crippen LogP contribution in [0.4, 0.5) is 14.9 Å². The summed E-state index contributed by atoms with van der Waals surface area (Å²) in [6.45, 7) is -0.0328. The Labute approximate surface area is 194 Å². The molecule has 0 saturated heterocycles. The van der Waals surface area contributed by atoms with Crippen LogP contribution in [0.15, 0.2) is 30.7 Å². The van der Waals surface area contributed by atoms with E-state index in [-0.39, 0.29) is 23.6 Å². The van der Waals surface area contributed by atoms with Crippen LogP contribution >= 0.6 is 11.6 Å². The third-order valence-corrected chi connectivity index (χ3v) is 5.82. The molecule has 3 aromatic rings. The molecule has 0 aliphatic heterocycles. The predicted octanol–water partition coefficient (Wildman–Crippen LogP) is 3.89. The largest absolute Gasteiger partial charge is 0.441 e. The van der Waals surface area contributed by atoms with E-state index in [9.17, 15) is 14.0 Å². The second-order valence-electron chi connectivity index (χ2n) is 7.96. The highest BCUT2D eigenvalue weighted by Gasteiger charge is 2.28. The summed E-state index contributed by atoms with van der Waals surface area (Å²) in [6, 6.07) is 3.74. The summed E-state index contributed by atoms with van der Waals surface area (Å²) in [6.07, 6.45) is 6.01. The molecule has 2 aromatic heterocycles. The van der Waals surface area contributed by atoms with E-state index in [0.29, 0.717) is 23.6 Å². The van der Waals surface area contributed by atoms with Crippen molar-refractivity contribution in [1.82, 2.24) is 24.6 Å². The molecule has 1 unspecified atom stereocenters. The topological polar surface area (TPSA) is 103 Å². The molecule has 2 amide bonds. The number of carbonyl (C=O) groups excluding carboxylic acids is 2. The van der Waals surface area contributed by atoms with Crippen molar-refractivity contribution in [3.05, 3.63) is 64.2 Å². The fraction of sp³-hybridized carbons (Fsp3) is 0.364. The lowest BCUT2D eigenvalue weighted by atomic mass is 10.0. The van der Waals surface area contributed by atoms with Crippen LogP contribution in [0.2, 0.25) is 5.02 Å². The van der Waals surface area contributed by atoms with Gasteiger partial charge in [0.2, 0.25) is 0 Å². The lowest BCUT2D eigenvalue weighted by molar-refractivity contribution is 0.101. The minimum Gasteiger partial charge on any atom is -0.441 e. The molecule has 2 N–H and O–H groups in total. The summed E-state index contributed by atoms with van der Waals surface area (Å²) in [7, 11) is 3.51. The monoisotopic (exact) mass is 474 g/mol. The van der Waals surface area contributed by atoms with Gasteiger partial charge in [-0.15, -0.1) is 0 Å². The van der Waals surface area contributed by atoms with Gasteiger partial charge < -0.3 is 19.9 Å². The first-order chi connectivity index (χ1) is 15.8. The summed E-state index contributed by atoms with van der Waals surface area (Å²) in [5.74, 6) is -0.471. The number of ether oxygens (including phenoxy) is 1. The van der Waals surface area contributed by atoms with Gasteiger partial charge in [-0.1, -0.05) is 18.0 Å². The van der Waals surface area contributed by atoms with Crippen molar-refractivity contribution in [1.29, 1.82) is 0 Å². The lowest BCUT2D eigenvalue weighted by Crippen LogP contribution is -2.29. The molecule has 2 heterocycles. The third kappa shape index (κ3) is 5.16. The first kappa shape index (κ1) is 22.8. The Hall–Kier alpha value is -3.40. The molecule has 0 bridgehead atoms. The van der Waals surface area contributed by atoms with E-state index in [1.165, 1.54) is 29.2 Å². The van der Waals surface area contributed by atoms with Crippen LogP contribution in [-0.2, 0) is 31.9 Å². The van der Waals surface area contributed by atoms with Gasteiger partial charge in [0.1, 0.15) is 17.8 Å². The van der Waals surface area contributed by atoms with E-state index in [1.54, 1.807) is 18.7 Å². The number of aromatic nitrogens is 4. The van der Waals surface area contributed by atoms with E-state index in [1.807, 2.05) is 6.20 Å². The smallest absolute Gasteiger partial charge is 0.408 e. The van der Waals surface area contributed by atoms with Crippen molar-refractivity contribution in [2.75, 3.05) is 5.32 Å². The summed E-state index contributed by atoms with van der Waals surface area (Å²) >= 11 is 5.83. The number of fused-ring (bicyclic) bond motifs is 1. The van der Waals surface area contributed by atoms with Crippen molar-refractivity contribution in [3.63, 3.8) is 0 Å². The van der Waals surface area contributed by atoms with Gasteiger partial charge in [0.15, 0.2) is 12.4 Å². The second kappa shape index (κ2) is 9.62. The quantitative estimate of drug-likeness (QED) is 0.546. The van der Waals surface area contributed by atoms with Crippen LogP contribution in [0.3, 0.4) is 0 Å². The van der Waals surface area contributed by atoms with Gasteiger partial charge in [-0.2, -0.15) is 5.10 Å². The number of nitrogens with one attached hydrogen (secondary N) is 2. The highest BCUT2D eigenvalue weighted by atomic mass is 35.5. The number of halogens is 2. The van der Waals surface area contributed by atoms with Crippen LogP contribution < -0.4 is 10.6 Å². The zero-order valence-corrected chi connectivity index (χ0v) is 19.0. The zero-order valence-electron chi connectivity index (χ0n) is 18.3. The summed E-state index contributed by atoms with van der Waals surface area (Å²) in [4.78, 5) is 29.5. The number of anilines is 1. The summed E-state index contributed by atoms with van der Waals surface area (Å²) in [5.41, 5.74) is 2.64. The van der Waals surface area contributed by atoms with Crippen LogP contribution in [-0.4, -0.2) is 31.3 Å². The van der Waals surface area contributed by atoms with Crippen LogP contribution in [0.25, 0.3) is 0 Å². The molecule has 9 nitrogen and oxygen atoms in total. The highest BCUT2D eigenvalue weighted by Crippen LogP contribution is 2.32. The number of alkyl carbamates (subject to hydrolysis) is 1. The van der Waals surface area contributed by atoms with Gasteiger partial charge in [-0.05, 0) is 48.6 Å². The minimum atomic E-state index is -0.573. The van der Waals surface area contributed by atoms with Gasteiger partial charge >= 0.3 is 6.09 Å². The molecule has 0 saturated carbocycles. The molecule has 1 aliphatic carbocycles. The number of benzene rings is 1. The zero-order chi connectivity index (χ0) is 23.5.